The van der Waals surface area contributed by atoms with E-state index >= 15 is 0 Å². The summed E-state index contributed by atoms with van der Waals surface area (Å²) in [6, 6.07) is 2.01. The van der Waals surface area contributed by atoms with Crippen molar-refractivity contribution in [2.24, 2.45) is 0 Å². The topological polar surface area (TPSA) is 29.1 Å². The Kier molecular flexibility index (Phi) is 2.61. The van der Waals surface area contributed by atoms with Crippen molar-refractivity contribution in [2.45, 2.75) is 19.4 Å². The number of halogens is 1. The average Bonchev–Trinajstić information content (AvgIpc) is 2.50. The molecule has 0 saturated heterocycles. The van der Waals surface area contributed by atoms with Crippen LogP contribution >= 0.6 is 22.9 Å². The molecule has 14 heavy (non-hydrogen) atoms. The van der Waals surface area contributed by atoms with Gasteiger partial charge in [0.15, 0.2) is 5.78 Å². The van der Waals surface area contributed by atoms with Crippen LogP contribution in [0.2, 0.25) is 5.02 Å². The van der Waals surface area contributed by atoms with E-state index in [0.717, 1.165) is 15.6 Å². The van der Waals surface area contributed by atoms with Gasteiger partial charge in [-0.15, -0.1) is 11.3 Å². The number of thiophene rings is 1. The van der Waals surface area contributed by atoms with Crippen LogP contribution in [0, 0.1) is 0 Å². The molecule has 0 bridgehead atoms. The second-order valence-electron chi connectivity index (χ2n) is 3.36. The number of carbonyl (C=O) groups is 1. The predicted molar refractivity (Wildman–Crippen MR) is 58.6 cm³/mol. The van der Waals surface area contributed by atoms with Crippen LogP contribution in [-0.2, 0) is 4.79 Å². The monoisotopic (exact) mass is 227 g/mol. The van der Waals surface area contributed by atoms with Crippen molar-refractivity contribution in [2.75, 3.05) is 0 Å². The fourth-order valence-corrected chi connectivity index (χ4v) is 2.69. The molecule has 0 amide bonds. The fraction of sp³-hybridized carbons (Fsp3) is 0.300. The highest BCUT2D eigenvalue weighted by Gasteiger charge is 2.20. The highest BCUT2D eigenvalue weighted by molar-refractivity contribution is 7.10. The van der Waals surface area contributed by atoms with E-state index in [1.807, 2.05) is 18.4 Å². The molecule has 0 radical (unpaired) electrons. The molecular formula is C10H10ClNOS. The third-order valence-electron chi connectivity index (χ3n) is 2.12. The molecule has 1 aliphatic rings. The Morgan fingerprint density at radius 1 is 1.64 bits per heavy atom. The number of rotatable bonds is 1. The first-order valence-electron chi connectivity index (χ1n) is 4.37. The van der Waals surface area contributed by atoms with Crippen LogP contribution in [-0.4, -0.2) is 5.78 Å². The molecule has 2 rings (SSSR count). The van der Waals surface area contributed by atoms with E-state index in [1.165, 1.54) is 0 Å². The summed E-state index contributed by atoms with van der Waals surface area (Å²) in [6.07, 6.45) is 2.17. The van der Waals surface area contributed by atoms with Crippen molar-refractivity contribution >= 4 is 28.7 Å². The molecule has 0 saturated carbocycles. The molecule has 2 nitrogen and oxygen atoms in total. The van der Waals surface area contributed by atoms with Crippen LogP contribution in [0.25, 0.3) is 0 Å². The van der Waals surface area contributed by atoms with Crippen molar-refractivity contribution in [3.8, 4) is 0 Å². The SMILES string of the molecule is CC1=CC(=O)CC(c2cc(Cl)cs2)N1. The Morgan fingerprint density at radius 3 is 3.00 bits per heavy atom. The van der Waals surface area contributed by atoms with Gasteiger partial charge in [-0.1, -0.05) is 11.6 Å². The van der Waals surface area contributed by atoms with E-state index in [4.69, 9.17) is 11.6 Å². The molecular weight excluding hydrogens is 218 g/mol. The fourth-order valence-electron chi connectivity index (χ4n) is 1.55. The molecule has 1 aliphatic heterocycles. The summed E-state index contributed by atoms with van der Waals surface area (Å²) in [5.74, 6) is 0.177. The summed E-state index contributed by atoms with van der Waals surface area (Å²) in [7, 11) is 0. The van der Waals surface area contributed by atoms with Crippen molar-refractivity contribution in [1.82, 2.24) is 5.32 Å². The summed E-state index contributed by atoms with van der Waals surface area (Å²) in [5, 5.41) is 5.90. The van der Waals surface area contributed by atoms with Crippen LogP contribution in [0.3, 0.4) is 0 Å². The first-order chi connectivity index (χ1) is 6.65. The number of hydrogen-bond acceptors (Lipinski definition) is 3. The lowest BCUT2D eigenvalue weighted by molar-refractivity contribution is -0.115. The minimum Gasteiger partial charge on any atom is -0.380 e. The molecule has 0 aromatic carbocycles. The molecule has 1 atom stereocenters. The third kappa shape index (κ3) is 1.99. The van der Waals surface area contributed by atoms with E-state index in [0.29, 0.717) is 6.42 Å². The van der Waals surface area contributed by atoms with Gasteiger partial charge in [0.05, 0.1) is 11.1 Å². The largest absolute Gasteiger partial charge is 0.380 e. The Bertz CT molecular complexity index is 397. The highest BCUT2D eigenvalue weighted by Crippen LogP contribution is 2.29. The number of ketones is 1. The number of carbonyl (C=O) groups excluding carboxylic acids is 1. The molecule has 1 unspecified atom stereocenters. The van der Waals surface area contributed by atoms with Gasteiger partial charge < -0.3 is 5.32 Å². The number of nitrogens with one attached hydrogen (secondary N) is 1. The molecule has 0 spiro atoms. The molecule has 0 fully saturated rings. The minimum atomic E-state index is 0.102. The zero-order valence-corrected chi connectivity index (χ0v) is 9.28. The van der Waals surface area contributed by atoms with Crippen LogP contribution < -0.4 is 5.32 Å². The van der Waals surface area contributed by atoms with Gasteiger partial charge in [0.1, 0.15) is 0 Å². The molecule has 1 N–H and O–H groups in total. The highest BCUT2D eigenvalue weighted by atomic mass is 35.5. The van der Waals surface area contributed by atoms with Gasteiger partial charge in [0.2, 0.25) is 0 Å². The lowest BCUT2D eigenvalue weighted by Crippen LogP contribution is -2.26. The van der Waals surface area contributed by atoms with Gasteiger partial charge in [-0.3, -0.25) is 4.79 Å². The first kappa shape index (κ1) is 9.74. The number of hydrogen-bond donors (Lipinski definition) is 1. The summed E-state index contributed by atoms with van der Waals surface area (Å²) in [4.78, 5) is 12.4. The maximum Gasteiger partial charge on any atom is 0.159 e. The van der Waals surface area contributed by atoms with E-state index in [9.17, 15) is 4.79 Å². The second kappa shape index (κ2) is 3.75. The van der Waals surface area contributed by atoms with Crippen molar-refractivity contribution < 1.29 is 4.79 Å². The smallest absolute Gasteiger partial charge is 0.159 e. The zero-order valence-electron chi connectivity index (χ0n) is 7.71. The molecule has 0 aliphatic carbocycles. The lowest BCUT2D eigenvalue weighted by atomic mass is 10.0. The van der Waals surface area contributed by atoms with Crippen molar-refractivity contribution in [3.05, 3.63) is 33.1 Å². The van der Waals surface area contributed by atoms with Crippen LogP contribution in [0.15, 0.2) is 23.2 Å². The van der Waals surface area contributed by atoms with Crippen molar-refractivity contribution in [3.63, 3.8) is 0 Å². The standard InChI is InChI=1S/C10H10ClNOS/c1-6-2-8(13)4-9(12-6)10-3-7(11)5-14-10/h2-3,5,9,12H,4H2,1H3. The zero-order chi connectivity index (χ0) is 10.1. The second-order valence-corrected chi connectivity index (χ2v) is 4.74. The van der Waals surface area contributed by atoms with E-state index < -0.39 is 0 Å². The molecule has 74 valence electrons. The Labute approximate surface area is 91.6 Å². The summed E-state index contributed by atoms with van der Waals surface area (Å²) in [5.41, 5.74) is 0.927. The van der Waals surface area contributed by atoms with Gasteiger partial charge in [0.25, 0.3) is 0 Å². The van der Waals surface area contributed by atoms with Crippen LogP contribution in [0.1, 0.15) is 24.3 Å². The van der Waals surface area contributed by atoms with E-state index in [-0.39, 0.29) is 11.8 Å². The van der Waals surface area contributed by atoms with E-state index in [1.54, 1.807) is 17.4 Å². The summed E-state index contributed by atoms with van der Waals surface area (Å²) in [6.45, 7) is 1.90. The van der Waals surface area contributed by atoms with Gasteiger partial charge >= 0.3 is 0 Å². The molecule has 1 aromatic rings. The maximum absolute atomic E-state index is 11.3. The molecule has 2 heterocycles. The average molecular weight is 228 g/mol. The maximum atomic E-state index is 11.3. The first-order valence-corrected chi connectivity index (χ1v) is 5.62. The Morgan fingerprint density at radius 2 is 2.43 bits per heavy atom. The minimum absolute atomic E-state index is 0.102. The molecule has 1 aromatic heterocycles. The third-order valence-corrected chi connectivity index (χ3v) is 3.51. The van der Waals surface area contributed by atoms with Gasteiger partial charge in [-0.05, 0) is 19.1 Å². The quantitative estimate of drug-likeness (QED) is 0.800. The Hall–Kier alpha value is -0.800. The van der Waals surface area contributed by atoms with Crippen molar-refractivity contribution in [1.29, 1.82) is 0 Å². The van der Waals surface area contributed by atoms with Crippen LogP contribution in [0.5, 0.6) is 0 Å². The Balaban J connectivity index is 2.21. The lowest BCUT2D eigenvalue weighted by Gasteiger charge is -2.21. The number of allylic oxidation sites excluding steroid dienone is 2. The summed E-state index contributed by atoms with van der Waals surface area (Å²) < 4.78 is 0. The van der Waals surface area contributed by atoms with Gasteiger partial charge in [0, 0.05) is 22.4 Å². The van der Waals surface area contributed by atoms with Crippen LogP contribution in [0.4, 0.5) is 0 Å². The molecule has 4 heteroatoms. The van der Waals surface area contributed by atoms with E-state index in [2.05, 4.69) is 5.32 Å². The normalized spacial score (nSPS) is 21.7. The van der Waals surface area contributed by atoms with Gasteiger partial charge in [-0.25, -0.2) is 0 Å². The van der Waals surface area contributed by atoms with Gasteiger partial charge in [-0.2, -0.15) is 0 Å². The summed E-state index contributed by atoms with van der Waals surface area (Å²) >= 11 is 7.42. The predicted octanol–water partition coefficient (Wildman–Crippen LogP) is 2.91.